The highest BCUT2D eigenvalue weighted by Gasteiger charge is 2.48. The quantitative estimate of drug-likeness (QED) is 0.429. The number of allylic oxidation sites excluding steroid dienone is 2. The maximum Gasteiger partial charge on any atom is 0.303 e. The van der Waals surface area contributed by atoms with Crippen molar-refractivity contribution < 1.29 is 19.7 Å². The summed E-state index contributed by atoms with van der Waals surface area (Å²) in [7, 11) is 0. The van der Waals surface area contributed by atoms with Crippen LogP contribution in [-0.2, 0) is 16.1 Å². The Morgan fingerprint density at radius 1 is 1.16 bits per heavy atom. The van der Waals surface area contributed by atoms with E-state index in [2.05, 4.69) is 15.6 Å². The van der Waals surface area contributed by atoms with Gasteiger partial charge in [0.15, 0.2) is 0 Å². The minimum Gasteiger partial charge on any atom is -0.481 e. The summed E-state index contributed by atoms with van der Waals surface area (Å²) in [4.78, 5) is 15.2. The minimum absolute atomic E-state index is 0.188. The highest BCUT2D eigenvalue weighted by molar-refractivity contribution is 5.66. The number of aliphatic carboxylic acids is 1. The van der Waals surface area contributed by atoms with Crippen molar-refractivity contribution in [2.75, 3.05) is 0 Å². The predicted octanol–water partition coefficient (Wildman–Crippen LogP) is 5.27. The number of nitrogens with zero attached hydrogens (tertiary/aromatic N) is 2. The fourth-order valence-electron chi connectivity index (χ4n) is 6.14. The lowest BCUT2D eigenvalue weighted by atomic mass is 9.77. The smallest absolute Gasteiger partial charge is 0.303 e. The van der Waals surface area contributed by atoms with Gasteiger partial charge < -0.3 is 19.5 Å². The largest absolute Gasteiger partial charge is 0.481 e. The molecule has 6 heteroatoms. The molecule has 2 aliphatic heterocycles. The maximum atomic E-state index is 10.7. The van der Waals surface area contributed by atoms with E-state index < -0.39 is 12.1 Å². The molecular formula is C26H40N2O4. The van der Waals surface area contributed by atoms with Crippen LogP contribution in [0.5, 0.6) is 0 Å². The average molecular weight is 445 g/mol. The number of aliphatic hydroxyl groups is 1. The van der Waals surface area contributed by atoms with Crippen LogP contribution in [0.3, 0.4) is 0 Å². The van der Waals surface area contributed by atoms with Crippen LogP contribution in [0.15, 0.2) is 24.7 Å². The molecule has 3 aliphatic rings. The first kappa shape index (κ1) is 23.5. The van der Waals surface area contributed by atoms with E-state index in [0.29, 0.717) is 30.5 Å². The molecule has 0 amide bonds. The summed E-state index contributed by atoms with van der Waals surface area (Å²) < 4.78 is 8.35. The molecule has 0 spiro atoms. The molecule has 5 atom stereocenters. The minimum atomic E-state index is -0.747. The lowest BCUT2D eigenvalue weighted by molar-refractivity contribution is -0.136. The standard InChI is InChI=1S/C26H40N2O4/c29-23(12-7-10-19-8-3-1-4-9-19)22-17-28(18-27-22)16-21-20(24-14-15-25(21)32-24)11-5-2-6-13-26(30)31/h2,5,17-21,23-25,29H,1,3-4,6-16H2,(H,30,31). The highest BCUT2D eigenvalue weighted by atomic mass is 16.5. The van der Waals surface area contributed by atoms with Crippen molar-refractivity contribution >= 4 is 5.97 Å². The second kappa shape index (κ2) is 11.5. The summed E-state index contributed by atoms with van der Waals surface area (Å²) in [5.41, 5.74) is 0.794. The summed E-state index contributed by atoms with van der Waals surface area (Å²) in [6.07, 6.45) is 22.2. The monoisotopic (exact) mass is 444 g/mol. The fraction of sp³-hybridized carbons (Fsp3) is 0.769. The topological polar surface area (TPSA) is 84.6 Å². The maximum absolute atomic E-state index is 10.7. The number of imidazole rings is 1. The van der Waals surface area contributed by atoms with Crippen LogP contribution in [0.4, 0.5) is 0 Å². The van der Waals surface area contributed by atoms with E-state index >= 15 is 0 Å². The summed E-state index contributed by atoms with van der Waals surface area (Å²) >= 11 is 0. The van der Waals surface area contributed by atoms with E-state index in [4.69, 9.17) is 9.84 Å². The van der Waals surface area contributed by atoms with E-state index in [9.17, 15) is 9.90 Å². The number of rotatable bonds is 12. The number of carboxylic acid groups (broad SMARTS) is 1. The van der Waals surface area contributed by atoms with Crippen molar-refractivity contribution in [3.8, 4) is 0 Å². The van der Waals surface area contributed by atoms with Crippen molar-refractivity contribution in [1.82, 2.24) is 9.55 Å². The number of aromatic nitrogens is 2. The Labute approximate surface area is 192 Å². The number of aliphatic hydroxyl groups excluding tert-OH is 1. The molecule has 1 saturated carbocycles. The van der Waals surface area contributed by atoms with Gasteiger partial charge in [-0.15, -0.1) is 0 Å². The second-order valence-corrected chi connectivity index (χ2v) is 10.2. The fourth-order valence-corrected chi connectivity index (χ4v) is 6.14. The third kappa shape index (κ3) is 6.22. The number of hydrogen-bond acceptors (Lipinski definition) is 4. The van der Waals surface area contributed by atoms with Gasteiger partial charge in [0.05, 0.1) is 30.3 Å². The van der Waals surface area contributed by atoms with E-state index in [1.807, 2.05) is 18.6 Å². The van der Waals surface area contributed by atoms with Gasteiger partial charge in [-0.3, -0.25) is 4.79 Å². The molecule has 0 aromatic carbocycles. The Morgan fingerprint density at radius 3 is 2.72 bits per heavy atom. The number of carbonyl (C=O) groups is 1. The van der Waals surface area contributed by atoms with Gasteiger partial charge >= 0.3 is 5.97 Å². The Kier molecular flexibility index (Phi) is 8.42. The van der Waals surface area contributed by atoms with Crippen molar-refractivity contribution in [1.29, 1.82) is 0 Å². The summed E-state index contributed by atoms with van der Waals surface area (Å²) in [6, 6.07) is 0. The molecule has 3 heterocycles. The van der Waals surface area contributed by atoms with Crippen molar-refractivity contribution in [2.45, 2.75) is 108 Å². The van der Waals surface area contributed by atoms with Crippen molar-refractivity contribution in [3.63, 3.8) is 0 Å². The Hall–Kier alpha value is -1.66. The molecule has 3 fully saturated rings. The third-order valence-corrected chi connectivity index (χ3v) is 7.92. The molecule has 2 saturated heterocycles. The van der Waals surface area contributed by atoms with Gasteiger partial charge in [0.2, 0.25) is 0 Å². The van der Waals surface area contributed by atoms with Crippen molar-refractivity contribution in [3.05, 3.63) is 30.4 Å². The number of hydrogen-bond donors (Lipinski definition) is 2. The zero-order valence-corrected chi connectivity index (χ0v) is 19.3. The van der Waals surface area contributed by atoms with Gasteiger partial charge in [-0.2, -0.15) is 0 Å². The van der Waals surface area contributed by atoms with E-state index in [0.717, 1.165) is 50.3 Å². The zero-order valence-electron chi connectivity index (χ0n) is 19.3. The molecule has 0 radical (unpaired) electrons. The molecule has 1 aromatic heterocycles. The van der Waals surface area contributed by atoms with Crippen LogP contribution in [0.2, 0.25) is 0 Å². The summed E-state index contributed by atoms with van der Waals surface area (Å²) in [5, 5.41) is 19.4. The van der Waals surface area contributed by atoms with Crippen LogP contribution in [0.25, 0.3) is 0 Å². The van der Waals surface area contributed by atoms with E-state index in [-0.39, 0.29) is 6.42 Å². The van der Waals surface area contributed by atoms with Crippen LogP contribution >= 0.6 is 0 Å². The first-order chi connectivity index (χ1) is 15.6. The number of fused-ring (bicyclic) bond motifs is 2. The third-order valence-electron chi connectivity index (χ3n) is 7.92. The molecule has 1 aromatic rings. The highest BCUT2D eigenvalue weighted by Crippen LogP contribution is 2.46. The average Bonchev–Trinajstić information content (AvgIpc) is 3.52. The lowest BCUT2D eigenvalue weighted by Gasteiger charge is -2.27. The summed E-state index contributed by atoms with van der Waals surface area (Å²) in [5.74, 6) is 1.04. The van der Waals surface area contributed by atoms with Gasteiger partial charge in [0.25, 0.3) is 0 Å². The van der Waals surface area contributed by atoms with Crippen molar-refractivity contribution in [2.24, 2.45) is 17.8 Å². The molecule has 178 valence electrons. The zero-order chi connectivity index (χ0) is 22.3. The summed E-state index contributed by atoms with van der Waals surface area (Å²) in [6.45, 7) is 0.872. The van der Waals surface area contributed by atoms with Gasteiger partial charge in [0, 0.05) is 25.1 Å². The van der Waals surface area contributed by atoms with E-state index in [1.54, 1.807) is 0 Å². The van der Waals surface area contributed by atoms with Gasteiger partial charge in [0.1, 0.15) is 0 Å². The van der Waals surface area contributed by atoms with Crippen LogP contribution < -0.4 is 0 Å². The van der Waals surface area contributed by atoms with Crippen LogP contribution in [0, 0.1) is 17.8 Å². The second-order valence-electron chi connectivity index (χ2n) is 10.2. The molecule has 32 heavy (non-hydrogen) atoms. The Bertz CT molecular complexity index is 755. The number of carboxylic acids is 1. The first-order valence-electron chi connectivity index (χ1n) is 12.8. The van der Waals surface area contributed by atoms with Crippen LogP contribution in [-0.4, -0.2) is 37.9 Å². The molecule has 5 unspecified atom stereocenters. The lowest BCUT2D eigenvalue weighted by Crippen LogP contribution is -2.30. The molecule has 1 aliphatic carbocycles. The Morgan fingerprint density at radius 2 is 1.94 bits per heavy atom. The number of ether oxygens (including phenoxy) is 1. The molecule has 4 rings (SSSR count). The van der Waals surface area contributed by atoms with Gasteiger partial charge in [-0.1, -0.05) is 57.1 Å². The SMILES string of the molecule is O=C(O)CCC=CCC1C2CCC(O2)C1Cn1cnc(C(O)CCCC2CCCCC2)c1. The van der Waals surface area contributed by atoms with E-state index in [1.165, 1.54) is 38.5 Å². The predicted molar refractivity (Wildman–Crippen MR) is 123 cm³/mol. The Balaban J connectivity index is 1.25. The molecule has 6 nitrogen and oxygen atoms in total. The normalized spacial score (nSPS) is 29.2. The first-order valence-corrected chi connectivity index (χ1v) is 12.8. The van der Waals surface area contributed by atoms with Gasteiger partial charge in [-0.05, 0) is 43.9 Å². The molecule has 2 N–H and O–H groups in total. The van der Waals surface area contributed by atoms with Crippen LogP contribution in [0.1, 0.15) is 95.3 Å². The van der Waals surface area contributed by atoms with Gasteiger partial charge in [-0.25, -0.2) is 4.98 Å². The molecular weight excluding hydrogens is 404 g/mol. The molecule has 2 bridgehead atoms.